The fraction of sp³-hybridized carbons (Fsp3) is 0.333. The Kier molecular flexibility index (Phi) is 2.87. The van der Waals surface area contributed by atoms with Crippen molar-refractivity contribution in [2.75, 3.05) is 0 Å². The first-order chi connectivity index (χ1) is 9.44. The van der Waals surface area contributed by atoms with E-state index in [0.29, 0.717) is 0 Å². The quantitative estimate of drug-likeness (QED) is 0.845. The number of benzene rings is 2. The summed E-state index contributed by atoms with van der Waals surface area (Å²) in [6, 6.07) is 17.7. The molecule has 1 heterocycles. The second-order valence-electron chi connectivity index (χ2n) is 6.42. The highest BCUT2D eigenvalue weighted by Gasteiger charge is 2.55. The van der Waals surface area contributed by atoms with E-state index in [2.05, 4.69) is 20.8 Å². The summed E-state index contributed by atoms with van der Waals surface area (Å²) in [5, 5.41) is 11.5. The number of rotatable bonds is 1. The van der Waals surface area contributed by atoms with Gasteiger partial charge in [0.1, 0.15) is 11.4 Å². The summed E-state index contributed by atoms with van der Waals surface area (Å²) in [6.07, 6.45) is -0.374. The number of hydrogen-bond acceptors (Lipinski definition) is 2. The molecule has 0 amide bonds. The lowest BCUT2D eigenvalue weighted by atomic mass is 9.68. The highest BCUT2D eigenvalue weighted by Crippen LogP contribution is 2.56. The SMILES string of the molecule is CC(C)(C)[C@@]1(O)c2ccccc2O[C@@H]1c1ccccc1. The summed E-state index contributed by atoms with van der Waals surface area (Å²) in [5.74, 6) is 0.777. The maximum Gasteiger partial charge on any atom is 0.157 e. The number of para-hydroxylation sites is 1. The highest BCUT2D eigenvalue weighted by molar-refractivity contribution is 5.46. The van der Waals surface area contributed by atoms with Crippen LogP contribution in [0.3, 0.4) is 0 Å². The van der Waals surface area contributed by atoms with Gasteiger partial charge < -0.3 is 9.84 Å². The van der Waals surface area contributed by atoms with Gasteiger partial charge in [-0.3, -0.25) is 0 Å². The molecule has 2 aromatic carbocycles. The zero-order valence-corrected chi connectivity index (χ0v) is 12.1. The Labute approximate surface area is 120 Å². The van der Waals surface area contributed by atoms with E-state index in [1.165, 1.54) is 0 Å². The van der Waals surface area contributed by atoms with Crippen LogP contribution in [0.25, 0.3) is 0 Å². The van der Waals surface area contributed by atoms with Crippen molar-refractivity contribution in [3.63, 3.8) is 0 Å². The average molecular weight is 268 g/mol. The molecule has 0 bridgehead atoms. The summed E-state index contributed by atoms with van der Waals surface area (Å²) in [6.45, 7) is 6.15. The first-order valence-electron chi connectivity index (χ1n) is 6.98. The van der Waals surface area contributed by atoms with Gasteiger partial charge in [-0.1, -0.05) is 69.3 Å². The molecular formula is C18H20O2. The first kappa shape index (κ1) is 13.2. The molecule has 2 aromatic rings. The van der Waals surface area contributed by atoms with E-state index in [9.17, 15) is 5.11 Å². The largest absolute Gasteiger partial charge is 0.482 e. The van der Waals surface area contributed by atoms with Crippen LogP contribution in [0, 0.1) is 5.41 Å². The Hall–Kier alpha value is -1.80. The van der Waals surface area contributed by atoms with Gasteiger partial charge in [-0.15, -0.1) is 0 Å². The van der Waals surface area contributed by atoms with Crippen molar-refractivity contribution in [2.24, 2.45) is 5.41 Å². The Morgan fingerprint density at radius 3 is 2.20 bits per heavy atom. The average Bonchev–Trinajstić information content (AvgIpc) is 2.75. The Morgan fingerprint density at radius 2 is 1.55 bits per heavy atom. The highest BCUT2D eigenvalue weighted by atomic mass is 16.5. The van der Waals surface area contributed by atoms with Crippen LogP contribution in [0.15, 0.2) is 54.6 Å². The minimum absolute atomic E-state index is 0.333. The standard InChI is InChI=1S/C18H20O2/c1-17(2,3)18(19)14-11-7-8-12-15(14)20-16(18)13-9-5-4-6-10-13/h4-12,16,19H,1-3H3/t16-,18-/m1/s1. The molecule has 1 N–H and O–H groups in total. The smallest absolute Gasteiger partial charge is 0.157 e. The lowest BCUT2D eigenvalue weighted by molar-refractivity contribution is -0.120. The number of ether oxygens (including phenoxy) is 1. The third-order valence-corrected chi connectivity index (χ3v) is 4.17. The van der Waals surface area contributed by atoms with Gasteiger partial charge in [0.15, 0.2) is 6.10 Å². The second kappa shape index (κ2) is 4.35. The molecule has 3 rings (SSSR count). The summed E-state index contributed by atoms with van der Waals surface area (Å²) in [4.78, 5) is 0. The number of hydrogen-bond donors (Lipinski definition) is 1. The molecular weight excluding hydrogens is 248 g/mol. The first-order valence-corrected chi connectivity index (χ1v) is 6.98. The van der Waals surface area contributed by atoms with Crippen molar-refractivity contribution >= 4 is 0 Å². The van der Waals surface area contributed by atoms with Crippen LogP contribution in [-0.4, -0.2) is 5.11 Å². The molecule has 2 atom stereocenters. The predicted molar refractivity (Wildman–Crippen MR) is 79.6 cm³/mol. The zero-order chi connectivity index (χ0) is 14.4. The van der Waals surface area contributed by atoms with Crippen LogP contribution in [0.4, 0.5) is 0 Å². The number of aliphatic hydroxyl groups is 1. The van der Waals surface area contributed by atoms with E-state index >= 15 is 0 Å². The van der Waals surface area contributed by atoms with Crippen molar-refractivity contribution < 1.29 is 9.84 Å². The Balaban J connectivity index is 2.18. The van der Waals surface area contributed by atoms with Gasteiger partial charge in [0, 0.05) is 5.56 Å². The topological polar surface area (TPSA) is 29.5 Å². The molecule has 0 saturated heterocycles. The van der Waals surface area contributed by atoms with E-state index in [4.69, 9.17) is 4.74 Å². The van der Waals surface area contributed by atoms with Gasteiger partial charge in [0.2, 0.25) is 0 Å². The third-order valence-electron chi connectivity index (χ3n) is 4.17. The molecule has 2 heteroatoms. The second-order valence-corrected chi connectivity index (χ2v) is 6.42. The van der Waals surface area contributed by atoms with Crippen LogP contribution in [0.2, 0.25) is 0 Å². The molecule has 2 nitrogen and oxygen atoms in total. The Morgan fingerprint density at radius 1 is 0.950 bits per heavy atom. The maximum atomic E-state index is 11.5. The van der Waals surface area contributed by atoms with Gasteiger partial charge in [0.25, 0.3) is 0 Å². The van der Waals surface area contributed by atoms with Crippen molar-refractivity contribution in [1.29, 1.82) is 0 Å². The zero-order valence-electron chi connectivity index (χ0n) is 12.1. The minimum atomic E-state index is -1.04. The predicted octanol–water partition coefficient (Wildman–Crippen LogP) is 4.05. The molecule has 0 fully saturated rings. The molecule has 20 heavy (non-hydrogen) atoms. The fourth-order valence-electron chi connectivity index (χ4n) is 2.97. The summed E-state index contributed by atoms with van der Waals surface area (Å²) < 4.78 is 6.09. The van der Waals surface area contributed by atoms with Crippen molar-refractivity contribution in [2.45, 2.75) is 32.5 Å². The minimum Gasteiger partial charge on any atom is -0.482 e. The molecule has 0 aromatic heterocycles. The summed E-state index contributed by atoms with van der Waals surface area (Å²) in [5.41, 5.74) is 0.507. The van der Waals surface area contributed by atoms with E-state index < -0.39 is 5.60 Å². The van der Waals surface area contributed by atoms with Gasteiger partial charge in [-0.05, 0) is 17.0 Å². The molecule has 0 radical (unpaired) electrons. The monoisotopic (exact) mass is 268 g/mol. The van der Waals surface area contributed by atoms with E-state index in [1.54, 1.807) is 0 Å². The van der Waals surface area contributed by atoms with Crippen molar-refractivity contribution in [3.8, 4) is 5.75 Å². The van der Waals surface area contributed by atoms with E-state index in [0.717, 1.165) is 16.9 Å². The maximum absolute atomic E-state index is 11.5. The molecule has 1 aliphatic heterocycles. The molecule has 0 unspecified atom stereocenters. The Bertz CT molecular complexity index is 613. The summed E-state index contributed by atoms with van der Waals surface area (Å²) in [7, 11) is 0. The van der Waals surface area contributed by atoms with Crippen LogP contribution in [0.5, 0.6) is 5.75 Å². The fourth-order valence-corrected chi connectivity index (χ4v) is 2.97. The van der Waals surface area contributed by atoms with Crippen molar-refractivity contribution in [3.05, 3.63) is 65.7 Å². The van der Waals surface area contributed by atoms with Crippen LogP contribution in [-0.2, 0) is 5.60 Å². The van der Waals surface area contributed by atoms with E-state index in [-0.39, 0.29) is 11.5 Å². The molecule has 0 aliphatic carbocycles. The molecule has 0 saturated carbocycles. The van der Waals surface area contributed by atoms with Crippen LogP contribution in [0.1, 0.15) is 38.0 Å². The lowest BCUT2D eigenvalue weighted by Gasteiger charge is -2.40. The van der Waals surface area contributed by atoms with E-state index in [1.807, 2.05) is 54.6 Å². The number of fused-ring (bicyclic) bond motifs is 1. The van der Waals surface area contributed by atoms with Gasteiger partial charge in [-0.25, -0.2) is 0 Å². The molecule has 104 valence electrons. The van der Waals surface area contributed by atoms with Crippen LogP contribution >= 0.6 is 0 Å². The molecule has 1 aliphatic rings. The normalized spacial score (nSPS) is 25.1. The summed E-state index contributed by atoms with van der Waals surface area (Å²) >= 11 is 0. The van der Waals surface area contributed by atoms with Gasteiger partial charge in [0.05, 0.1) is 0 Å². The van der Waals surface area contributed by atoms with Crippen LogP contribution < -0.4 is 4.74 Å². The molecule has 0 spiro atoms. The third kappa shape index (κ3) is 1.75. The van der Waals surface area contributed by atoms with Gasteiger partial charge >= 0.3 is 0 Å². The lowest BCUT2D eigenvalue weighted by Crippen LogP contribution is -2.43. The van der Waals surface area contributed by atoms with Gasteiger partial charge in [-0.2, -0.15) is 0 Å². The van der Waals surface area contributed by atoms with Crippen molar-refractivity contribution in [1.82, 2.24) is 0 Å².